The van der Waals surface area contributed by atoms with Gasteiger partial charge in [-0.3, -0.25) is 9.59 Å². The SMILES string of the molecule is CC(=O)C1=C(c2ccccc2)N(C(C)=O)n2c(nnc2-c2ccccc2)S1. The van der Waals surface area contributed by atoms with Crippen LogP contribution in [-0.2, 0) is 9.59 Å². The Balaban J connectivity index is 1.98. The van der Waals surface area contributed by atoms with E-state index in [9.17, 15) is 9.59 Å². The van der Waals surface area contributed by atoms with Crippen LogP contribution in [0, 0.1) is 0 Å². The summed E-state index contributed by atoms with van der Waals surface area (Å²) < 4.78 is 1.68. The quantitative estimate of drug-likeness (QED) is 0.700. The lowest BCUT2D eigenvalue weighted by atomic mass is 10.1. The smallest absolute Gasteiger partial charge is 0.243 e. The van der Waals surface area contributed by atoms with E-state index in [1.165, 1.54) is 30.6 Å². The van der Waals surface area contributed by atoms with Gasteiger partial charge >= 0.3 is 0 Å². The normalized spacial score (nSPS) is 13.5. The Morgan fingerprint density at radius 1 is 0.852 bits per heavy atom. The van der Waals surface area contributed by atoms with Crippen LogP contribution in [0.2, 0.25) is 0 Å². The molecule has 0 unspecified atom stereocenters. The van der Waals surface area contributed by atoms with Gasteiger partial charge in [-0.25, -0.2) is 5.01 Å². The molecule has 0 radical (unpaired) electrons. The second-order valence-electron chi connectivity index (χ2n) is 6.02. The number of fused-ring (bicyclic) bond motifs is 1. The van der Waals surface area contributed by atoms with Crippen LogP contribution in [0.3, 0.4) is 0 Å². The molecule has 0 bridgehead atoms. The van der Waals surface area contributed by atoms with E-state index in [4.69, 9.17) is 0 Å². The largest absolute Gasteiger partial charge is 0.294 e. The van der Waals surface area contributed by atoms with E-state index in [1.807, 2.05) is 60.7 Å². The average Bonchev–Trinajstić information content (AvgIpc) is 3.11. The van der Waals surface area contributed by atoms with Crippen molar-refractivity contribution in [3.05, 3.63) is 71.1 Å². The molecule has 3 aromatic rings. The van der Waals surface area contributed by atoms with Gasteiger partial charge in [0.25, 0.3) is 0 Å². The molecule has 0 N–H and O–H groups in total. The topological polar surface area (TPSA) is 68.1 Å². The third-order valence-corrected chi connectivity index (χ3v) is 5.25. The van der Waals surface area contributed by atoms with E-state index in [-0.39, 0.29) is 11.7 Å². The van der Waals surface area contributed by atoms with Gasteiger partial charge in [-0.2, -0.15) is 4.68 Å². The van der Waals surface area contributed by atoms with Crippen LogP contribution in [0.4, 0.5) is 0 Å². The predicted octanol–water partition coefficient (Wildman–Crippen LogP) is 3.49. The first-order valence-corrected chi connectivity index (χ1v) is 9.20. The number of hydrogen-bond acceptors (Lipinski definition) is 5. The lowest BCUT2D eigenvalue weighted by molar-refractivity contribution is -0.117. The number of carbonyl (C=O) groups excluding carboxylic acids is 2. The molecule has 7 heteroatoms. The Labute approximate surface area is 160 Å². The first-order chi connectivity index (χ1) is 13.1. The molecule has 27 heavy (non-hydrogen) atoms. The number of benzene rings is 2. The number of hydrogen-bond donors (Lipinski definition) is 0. The molecule has 0 fully saturated rings. The monoisotopic (exact) mass is 376 g/mol. The summed E-state index contributed by atoms with van der Waals surface area (Å²) in [6, 6.07) is 19.0. The molecule has 0 saturated carbocycles. The molecule has 2 aromatic carbocycles. The highest BCUT2D eigenvalue weighted by Crippen LogP contribution is 2.41. The second kappa shape index (κ2) is 6.85. The Bertz CT molecular complexity index is 1060. The van der Waals surface area contributed by atoms with E-state index in [2.05, 4.69) is 10.2 Å². The minimum Gasteiger partial charge on any atom is -0.294 e. The number of rotatable bonds is 3. The average molecular weight is 376 g/mol. The predicted molar refractivity (Wildman–Crippen MR) is 104 cm³/mol. The standard InChI is InChI=1S/C20H16N4O2S/c1-13(25)18-17(15-9-5-3-6-10-15)23(14(2)26)24-19(21-22-20(24)27-18)16-11-7-4-8-12-16/h3-12H,1-2H3. The molecular weight excluding hydrogens is 360 g/mol. The van der Waals surface area contributed by atoms with Crippen LogP contribution in [0.1, 0.15) is 19.4 Å². The summed E-state index contributed by atoms with van der Waals surface area (Å²) in [5.41, 5.74) is 2.16. The number of aromatic nitrogens is 3. The number of thioether (sulfide) groups is 1. The Morgan fingerprint density at radius 2 is 1.44 bits per heavy atom. The molecule has 1 aliphatic heterocycles. The molecule has 1 aliphatic rings. The lowest BCUT2D eigenvalue weighted by Crippen LogP contribution is -2.41. The van der Waals surface area contributed by atoms with Gasteiger partial charge in [0.2, 0.25) is 11.1 Å². The first-order valence-electron chi connectivity index (χ1n) is 8.38. The van der Waals surface area contributed by atoms with Crippen molar-refractivity contribution in [1.29, 1.82) is 0 Å². The molecule has 0 saturated heterocycles. The molecular formula is C20H16N4O2S. The van der Waals surface area contributed by atoms with E-state index < -0.39 is 0 Å². The van der Waals surface area contributed by atoms with Gasteiger partial charge in [0.05, 0.1) is 10.6 Å². The fourth-order valence-corrected chi connectivity index (χ4v) is 3.96. The maximum Gasteiger partial charge on any atom is 0.243 e. The summed E-state index contributed by atoms with van der Waals surface area (Å²) in [6.45, 7) is 2.96. The summed E-state index contributed by atoms with van der Waals surface area (Å²) in [5.74, 6) is 0.191. The molecule has 134 valence electrons. The number of allylic oxidation sites excluding steroid dienone is 1. The summed E-state index contributed by atoms with van der Waals surface area (Å²) in [6.07, 6.45) is 0. The minimum atomic E-state index is -0.230. The summed E-state index contributed by atoms with van der Waals surface area (Å²) in [5, 5.41) is 10.5. The Hall–Kier alpha value is -3.19. The van der Waals surface area contributed by atoms with Crippen LogP contribution in [0.5, 0.6) is 0 Å². The number of carbonyl (C=O) groups is 2. The molecule has 0 aliphatic carbocycles. The van der Waals surface area contributed by atoms with Gasteiger partial charge in [0, 0.05) is 18.1 Å². The van der Waals surface area contributed by atoms with Crippen LogP contribution in [0.25, 0.3) is 17.1 Å². The van der Waals surface area contributed by atoms with Crippen molar-refractivity contribution in [3.63, 3.8) is 0 Å². The van der Waals surface area contributed by atoms with Crippen molar-refractivity contribution in [1.82, 2.24) is 14.9 Å². The van der Waals surface area contributed by atoms with Gasteiger partial charge in [0.1, 0.15) is 0 Å². The fraction of sp³-hybridized carbons (Fsp3) is 0.100. The number of amides is 1. The van der Waals surface area contributed by atoms with Crippen molar-refractivity contribution in [2.75, 3.05) is 5.01 Å². The van der Waals surface area contributed by atoms with Crippen LogP contribution >= 0.6 is 11.8 Å². The second-order valence-corrected chi connectivity index (χ2v) is 6.99. The summed E-state index contributed by atoms with van der Waals surface area (Å²) in [7, 11) is 0. The molecule has 1 aromatic heterocycles. The minimum absolute atomic E-state index is 0.124. The van der Waals surface area contributed by atoms with E-state index in [0.29, 0.717) is 21.6 Å². The van der Waals surface area contributed by atoms with Crippen LogP contribution < -0.4 is 5.01 Å². The summed E-state index contributed by atoms with van der Waals surface area (Å²) in [4.78, 5) is 25.5. The number of Topliss-reactive ketones (excluding diaryl/α,β-unsaturated/α-hetero) is 1. The van der Waals surface area contributed by atoms with Crippen LogP contribution in [0.15, 0.2) is 70.7 Å². The zero-order valence-electron chi connectivity index (χ0n) is 14.8. The van der Waals surface area contributed by atoms with E-state index in [0.717, 1.165) is 11.1 Å². The first kappa shape index (κ1) is 17.2. The Kier molecular flexibility index (Phi) is 4.37. The molecule has 1 amide bonds. The molecule has 0 atom stereocenters. The number of nitrogens with zero attached hydrogens (tertiary/aromatic N) is 4. The van der Waals surface area contributed by atoms with Crippen molar-refractivity contribution in [2.24, 2.45) is 0 Å². The molecule has 0 spiro atoms. The van der Waals surface area contributed by atoms with Gasteiger partial charge in [-0.05, 0) is 18.7 Å². The van der Waals surface area contributed by atoms with Gasteiger partial charge in [0.15, 0.2) is 11.6 Å². The highest BCUT2D eigenvalue weighted by Gasteiger charge is 2.35. The molecule has 2 heterocycles. The van der Waals surface area contributed by atoms with E-state index >= 15 is 0 Å². The molecule has 6 nitrogen and oxygen atoms in total. The third kappa shape index (κ3) is 2.96. The molecule has 4 rings (SSSR count). The Morgan fingerprint density at radius 3 is 2.00 bits per heavy atom. The maximum atomic E-state index is 12.7. The fourth-order valence-electron chi connectivity index (χ4n) is 3.00. The third-order valence-electron chi connectivity index (χ3n) is 4.13. The number of ketones is 1. The maximum absolute atomic E-state index is 12.7. The van der Waals surface area contributed by atoms with Crippen molar-refractivity contribution >= 4 is 29.1 Å². The van der Waals surface area contributed by atoms with Crippen molar-refractivity contribution in [3.8, 4) is 11.4 Å². The zero-order valence-corrected chi connectivity index (χ0v) is 15.6. The van der Waals surface area contributed by atoms with Crippen molar-refractivity contribution in [2.45, 2.75) is 19.0 Å². The lowest BCUT2D eigenvalue weighted by Gasteiger charge is -2.32. The van der Waals surface area contributed by atoms with Gasteiger partial charge in [-0.1, -0.05) is 60.7 Å². The van der Waals surface area contributed by atoms with Gasteiger partial charge in [-0.15, -0.1) is 10.2 Å². The van der Waals surface area contributed by atoms with E-state index in [1.54, 1.807) is 4.68 Å². The zero-order chi connectivity index (χ0) is 19.0. The van der Waals surface area contributed by atoms with Crippen molar-refractivity contribution < 1.29 is 9.59 Å². The summed E-state index contributed by atoms with van der Waals surface area (Å²) >= 11 is 1.23. The van der Waals surface area contributed by atoms with Gasteiger partial charge < -0.3 is 0 Å². The highest BCUT2D eigenvalue weighted by molar-refractivity contribution is 8.04. The highest BCUT2D eigenvalue weighted by atomic mass is 32.2. The van der Waals surface area contributed by atoms with Crippen LogP contribution in [-0.4, -0.2) is 26.6 Å².